The van der Waals surface area contributed by atoms with E-state index in [1.165, 1.54) is 11.3 Å². The average Bonchev–Trinajstić information content (AvgIpc) is 2.59. The minimum Gasteiger partial charge on any atom is -0.380 e. The van der Waals surface area contributed by atoms with Gasteiger partial charge in [0.2, 0.25) is 0 Å². The molecule has 0 aromatic carbocycles. The fourth-order valence-corrected chi connectivity index (χ4v) is 1.82. The number of hydrogen-bond acceptors (Lipinski definition) is 3. The predicted molar refractivity (Wildman–Crippen MR) is 67.2 cm³/mol. The molecule has 0 saturated heterocycles. The SMILES string of the molecule is Cc1c(CNc2ccncc2Br)cnn1C. The standard InChI is InChI=1S/C11H13BrN4/c1-8-9(6-15-16(8)2)5-14-11-3-4-13-7-10(11)12/h3-4,6-7H,5H2,1-2H3,(H,13,14). The van der Waals surface area contributed by atoms with Gasteiger partial charge in [-0.3, -0.25) is 9.67 Å². The molecule has 0 aliphatic carbocycles. The van der Waals surface area contributed by atoms with Gasteiger partial charge < -0.3 is 5.32 Å². The van der Waals surface area contributed by atoms with Gasteiger partial charge in [-0.2, -0.15) is 5.10 Å². The van der Waals surface area contributed by atoms with Gasteiger partial charge in [-0.15, -0.1) is 0 Å². The Hall–Kier alpha value is -1.36. The lowest BCUT2D eigenvalue weighted by atomic mass is 10.2. The first kappa shape index (κ1) is 11.1. The normalized spacial score (nSPS) is 10.4. The molecule has 2 rings (SSSR count). The Kier molecular flexibility index (Phi) is 3.24. The number of halogens is 1. The van der Waals surface area contributed by atoms with E-state index >= 15 is 0 Å². The summed E-state index contributed by atoms with van der Waals surface area (Å²) in [6.07, 6.45) is 5.43. The van der Waals surface area contributed by atoms with Crippen LogP contribution in [0, 0.1) is 6.92 Å². The van der Waals surface area contributed by atoms with Gasteiger partial charge in [0.05, 0.1) is 16.4 Å². The number of anilines is 1. The van der Waals surface area contributed by atoms with Gasteiger partial charge in [0, 0.05) is 37.2 Å². The van der Waals surface area contributed by atoms with Crippen molar-refractivity contribution in [3.05, 3.63) is 40.4 Å². The molecule has 5 heteroatoms. The highest BCUT2D eigenvalue weighted by Crippen LogP contribution is 2.20. The van der Waals surface area contributed by atoms with E-state index in [2.05, 4.69) is 38.3 Å². The minimum absolute atomic E-state index is 0.766. The van der Waals surface area contributed by atoms with Crippen molar-refractivity contribution in [1.29, 1.82) is 0 Å². The summed E-state index contributed by atoms with van der Waals surface area (Å²) in [4.78, 5) is 4.02. The largest absolute Gasteiger partial charge is 0.380 e. The zero-order valence-corrected chi connectivity index (χ0v) is 10.8. The lowest BCUT2D eigenvalue weighted by Gasteiger charge is -2.07. The van der Waals surface area contributed by atoms with Crippen LogP contribution in [-0.2, 0) is 13.6 Å². The maximum absolute atomic E-state index is 4.20. The zero-order chi connectivity index (χ0) is 11.5. The Morgan fingerprint density at radius 3 is 2.88 bits per heavy atom. The van der Waals surface area contributed by atoms with E-state index in [-0.39, 0.29) is 0 Å². The highest BCUT2D eigenvalue weighted by molar-refractivity contribution is 9.10. The van der Waals surface area contributed by atoms with E-state index < -0.39 is 0 Å². The van der Waals surface area contributed by atoms with Crippen molar-refractivity contribution in [3.63, 3.8) is 0 Å². The van der Waals surface area contributed by atoms with E-state index in [1.54, 1.807) is 12.4 Å². The maximum atomic E-state index is 4.20. The molecule has 4 nitrogen and oxygen atoms in total. The molecule has 0 radical (unpaired) electrons. The molecule has 0 fully saturated rings. The Labute approximate surface area is 103 Å². The van der Waals surface area contributed by atoms with Crippen LogP contribution in [0.25, 0.3) is 0 Å². The summed E-state index contributed by atoms with van der Waals surface area (Å²) in [5.41, 5.74) is 3.42. The van der Waals surface area contributed by atoms with E-state index in [9.17, 15) is 0 Å². The van der Waals surface area contributed by atoms with E-state index in [0.717, 1.165) is 16.7 Å². The number of hydrogen-bond donors (Lipinski definition) is 1. The monoisotopic (exact) mass is 280 g/mol. The van der Waals surface area contributed by atoms with Crippen LogP contribution >= 0.6 is 15.9 Å². The van der Waals surface area contributed by atoms with Crippen LogP contribution in [-0.4, -0.2) is 14.8 Å². The average molecular weight is 281 g/mol. The molecule has 0 bridgehead atoms. The Balaban J connectivity index is 2.08. The van der Waals surface area contributed by atoms with Gasteiger partial charge in [0.15, 0.2) is 0 Å². The summed E-state index contributed by atoms with van der Waals surface area (Å²) in [5.74, 6) is 0. The van der Waals surface area contributed by atoms with Gasteiger partial charge in [0.25, 0.3) is 0 Å². The van der Waals surface area contributed by atoms with Crippen molar-refractivity contribution in [2.45, 2.75) is 13.5 Å². The number of aryl methyl sites for hydroxylation is 1. The van der Waals surface area contributed by atoms with Crippen LogP contribution in [0.4, 0.5) is 5.69 Å². The van der Waals surface area contributed by atoms with Crippen LogP contribution in [0.3, 0.4) is 0 Å². The van der Waals surface area contributed by atoms with Crippen molar-refractivity contribution in [1.82, 2.24) is 14.8 Å². The molecule has 0 saturated carbocycles. The van der Waals surface area contributed by atoms with Crippen LogP contribution in [0.2, 0.25) is 0 Å². The molecule has 0 spiro atoms. The van der Waals surface area contributed by atoms with Gasteiger partial charge in [-0.05, 0) is 28.9 Å². The van der Waals surface area contributed by atoms with Gasteiger partial charge in [-0.25, -0.2) is 0 Å². The molecular weight excluding hydrogens is 268 g/mol. The van der Waals surface area contributed by atoms with Crippen molar-refractivity contribution in [2.24, 2.45) is 7.05 Å². The molecule has 0 aliphatic heterocycles. The Morgan fingerprint density at radius 2 is 2.25 bits per heavy atom. The molecule has 0 amide bonds. The highest BCUT2D eigenvalue weighted by Gasteiger charge is 2.04. The number of nitrogens with zero attached hydrogens (tertiary/aromatic N) is 3. The summed E-state index contributed by atoms with van der Waals surface area (Å²) in [6.45, 7) is 2.83. The quantitative estimate of drug-likeness (QED) is 0.940. The summed E-state index contributed by atoms with van der Waals surface area (Å²) in [6, 6.07) is 1.94. The van der Waals surface area contributed by atoms with Crippen LogP contribution in [0.1, 0.15) is 11.3 Å². The molecule has 1 N–H and O–H groups in total. The lowest BCUT2D eigenvalue weighted by Crippen LogP contribution is -2.02. The molecule has 2 aromatic heterocycles. The van der Waals surface area contributed by atoms with Crippen molar-refractivity contribution >= 4 is 21.6 Å². The topological polar surface area (TPSA) is 42.7 Å². The molecule has 0 aliphatic rings. The summed E-state index contributed by atoms with van der Waals surface area (Å²) >= 11 is 3.45. The third-order valence-corrected chi connectivity index (χ3v) is 3.21. The summed E-state index contributed by atoms with van der Waals surface area (Å²) in [7, 11) is 1.95. The summed E-state index contributed by atoms with van der Waals surface area (Å²) < 4.78 is 2.84. The van der Waals surface area contributed by atoms with Gasteiger partial charge >= 0.3 is 0 Å². The van der Waals surface area contributed by atoms with Crippen molar-refractivity contribution in [3.8, 4) is 0 Å². The second-order valence-electron chi connectivity index (χ2n) is 3.59. The molecule has 0 atom stereocenters. The fourth-order valence-electron chi connectivity index (χ4n) is 1.43. The molecule has 0 unspecified atom stereocenters. The fraction of sp³-hybridized carbons (Fsp3) is 0.273. The summed E-state index contributed by atoms with van der Waals surface area (Å²) in [5, 5.41) is 7.55. The molecule has 2 aromatic rings. The van der Waals surface area contributed by atoms with E-state index in [1.807, 2.05) is 24.0 Å². The molecular formula is C11H13BrN4. The van der Waals surface area contributed by atoms with Crippen LogP contribution in [0.15, 0.2) is 29.1 Å². The smallest absolute Gasteiger partial charge is 0.0590 e. The predicted octanol–water partition coefficient (Wildman–Crippen LogP) is 2.50. The number of pyridine rings is 1. The third kappa shape index (κ3) is 2.24. The second kappa shape index (κ2) is 4.65. The zero-order valence-electron chi connectivity index (χ0n) is 9.24. The first-order valence-electron chi connectivity index (χ1n) is 4.99. The van der Waals surface area contributed by atoms with E-state index in [0.29, 0.717) is 0 Å². The molecule has 2 heterocycles. The van der Waals surface area contributed by atoms with Gasteiger partial charge in [0.1, 0.15) is 0 Å². The number of aromatic nitrogens is 3. The minimum atomic E-state index is 0.766. The molecule has 84 valence electrons. The lowest BCUT2D eigenvalue weighted by molar-refractivity contribution is 0.738. The van der Waals surface area contributed by atoms with E-state index in [4.69, 9.17) is 0 Å². The van der Waals surface area contributed by atoms with Crippen molar-refractivity contribution in [2.75, 3.05) is 5.32 Å². The maximum Gasteiger partial charge on any atom is 0.0590 e. The second-order valence-corrected chi connectivity index (χ2v) is 4.44. The number of nitrogens with one attached hydrogen (secondary N) is 1. The third-order valence-electron chi connectivity index (χ3n) is 2.58. The van der Waals surface area contributed by atoms with Crippen LogP contribution in [0.5, 0.6) is 0 Å². The van der Waals surface area contributed by atoms with Crippen molar-refractivity contribution < 1.29 is 0 Å². The first-order chi connectivity index (χ1) is 7.68. The molecule has 16 heavy (non-hydrogen) atoms. The Morgan fingerprint density at radius 1 is 1.44 bits per heavy atom. The highest BCUT2D eigenvalue weighted by atomic mass is 79.9. The number of rotatable bonds is 3. The van der Waals surface area contributed by atoms with Gasteiger partial charge in [-0.1, -0.05) is 0 Å². The Bertz CT molecular complexity index is 492. The van der Waals surface area contributed by atoms with Crippen LogP contribution < -0.4 is 5.32 Å². The first-order valence-corrected chi connectivity index (χ1v) is 5.78.